The molecule has 0 saturated carbocycles. The normalized spacial score (nSPS) is 23.8. The lowest BCUT2D eigenvalue weighted by Crippen LogP contribution is -2.49. The fourth-order valence-corrected chi connectivity index (χ4v) is 2.00. The molecule has 0 aliphatic carbocycles. The zero-order valence-corrected chi connectivity index (χ0v) is 10.9. The van der Waals surface area contributed by atoms with Crippen molar-refractivity contribution in [2.24, 2.45) is 16.6 Å². The summed E-state index contributed by atoms with van der Waals surface area (Å²) in [7, 11) is 0. The minimum absolute atomic E-state index is 0.476. The first kappa shape index (κ1) is 13.3. The van der Waals surface area contributed by atoms with Crippen molar-refractivity contribution in [2.75, 3.05) is 26.2 Å². The van der Waals surface area contributed by atoms with Gasteiger partial charge in [-0.3, -0.25) is 4.99 Å². The first-order valence-corrected chi connectivity index (χ1v) is 6.40. The van der Waals surface area contributed by atoms with Crippen molar-refractivity contribution in [1.29, 1.82) is 0 Å². The number of nitrogens with two attached hydrogens (primary N) is 1. The second-order valence-corrected chi connectivity index (χ2v) is 5.00. The van der Waals surface area contributed by atoms with E-state index in [1.165, 1.54) is 19.4 Å². The molecule has 3 N–H and O–H groups in total. The average molecular weight is 226 g/mol. The second kappa shape index (κ2) is 6.74. The van der Waals surface area contributed by atoms with Gasteiger partial charge >= 0.3 is 0 Å². The van der Waals surface area contributed by atoms with Crippen LogP contribution in [0.1, 0.15) is 33.6 Å². The predicted octanol–water partition coefficient (Wildman–Crippen LogP) is 1.03. The largest absolute Gasteiger partial charge is 0.370 e. The van der Waals surface area contributed by atoms with E-state index in [2.05, 4.69) is 36.0 Å². The molecule has 94 valence electrons. The number of rotatable bonds is 4. The maximum absolute atomic E-state index is 5.86. The van der Waals surface area contributed by atoms with E-state index in [1.54, 1.807) is 0 Å². The minimum Gasteiger partial charge on any atom is -0.370 e. The van der Waals surface area contributed by atoms with Crippen molar-refractivity contribution in [2.45, 2.75) is 39.7 Å². The summed E-state index contributed by atoms with van der Waals surface area (Å²) in [6.45, 7) is 10.8. The summed E-state index contributed by atoms with van der Waals surface area (Å²) in [4.78, 5) is 6.79. The van der Waals surface area contributed by atoms with Crippen molar-refractivity contribution in [3.05, 3.63) is 0 Å². The molecule has 1 rings (SSSR count). The highest BCUT2D eigenvalue weighted by molar-refractivity contribution is 5.78. The molecular formula is C12H26N4. The van der Waals surface area contributed by atoms with E-state index in [1.807, 2.05) is 0 Å². The Kier molecular flexibility index (Phi) is 5.60. The number of nitrogens with one attached hydrogen (secondary N) is 1. The molecule has 0 radical (unpaired) electrons. The Morgan fingerprint density at radius 2 is 2.31 bits per heavy atom. The van der Waals surface area contributed by atoms with Crippen LogP contribution in [0.5, 0.6) is 0 Å². The molecule has 1 unspecified atom stereocenters. The summed E-state index contributed by atoms with van der Waals surface area (Å²) >= 11 is 0. The SMILES string of the molecule is CCN1CCCC(NC(N)=NCC(C)C)C1. The number of piperidine rings is 1. The van der Waals surface area contributed by atoms with E-state index in [4.69, 9.17) is 5.73 Å². The number of aliphatic imine (C=N–C) groups is 1. The third-order valence-electron chi connectivity index (χ3n) is 2.93. The van der Waals surface area contributed by atoms with Gasteiger partial charge in [-0.2, -0.15) is 0 Å². The van der Waals surface area contributed by atoms with Gasteiger partial charge < -0.3 is 16.0 Å². The molecule has 1 fully saturated rings. The first-order chi connectivity index (χ1) is 7.61. The summed E-state index contributed by atoms with van der Waals surface area (Å²) in [6.07, 6.45) is 2.46. The highest BCUT2D eigenvalue weighted by atomic mass is 15.2. The molecule has 1 saturated heterocycles. The fourth-order valence-electron chi connectivity index (χ4n) is 2.00. The van der Waals surface area contributed by atoms with E-state index < -0.39 is 0 Å². The Morgan fingerprint density at radius 3 is 2.94 bits per heavy atom. The molecule has 0 spiro atoms. The van der Waals surface area contributed by atoms with Crippen LogP contribution in [-0.2, 0) is 0 Å². The molecule has 16 heavy (non-hydrogen) atoms. The number of hydrogen-bond donors (Lipinski definition) is 2. The Bertz CT molecular complexity index is 225. The summed E-state index contributed by atoms with van der Waals surface area (Å²) in [6, 6.07) is 0.476. The van der Waals surface area contributed by atoms with Gasteiger partial charge in [-0.05, 0) is 31.8 Å². The Morgan fingerprint density at radius 1 is 1.56 bits per heavy atom. The van der Waals surface area contributed by atoms with Crippen molar-refractivity contribution in [3.8, 4) is 0 Å². The third-order valence-corrected chi connectivity index (χ3v) is 2.93. The number of likely N-dealkylation sites (N-methyl/N-ethyl adjacent to an activating group) is 1. The van der Waals surface area contributed by atoms with Gasteiger partial charge in [0.25, 0.3) is 0 Å². The van der Waals surface area contributed by atoms with Crippen LogP contribution in [0.25, 0.3) is 0 Å². The van der Waals surface area contributed by atoms with Gasteiger partial charge in [0.2, 0.25) is 0 Å². The van der Waals surface area contributed by atoms with E-state index in [0.29, 0.717) is 17.9 Å². The van der Waals surface area contributed by atoms with Crippen LogP contribution in [0.3, 0.4) is 0 Å². The maximum atomic E-state index is 5.86. The second-order valence-electron chi connectivity index (χ2n) is 5.00. The van der Waals surface area contributed by atoms with Crippen LogP contribution >= 0.6 is 0 Å². The third kappa shape index (κ3) is 4.84. The minimum atomic E-state index is 0.476. The van der Waals surface area contributed by atoms with Gasteiger partial charge in [0.1, 0.15) is 0 Å². The average Bonchev–Trinajstić information content (AvgIpc) is 2.26. The van der Waals surface area contributed by atoms with E-state index in [-0.39, 0.29) is 0 Å². The molecule has 0 aromatic rings. The fraction of sp³-hybridized carbons (Fsp3) is 0.917. The Hall–Kier alpha value is -0.770. The lowest BCUT2D eigenvalue weighted by molar-refractivity contribution is 0.210. The molecule has 0 amide bonds. The van der Waals surface area contributed by atoms with Gasteiger partial charge in [-0.25, -0.2) is 0 Å². The lowest BCUT2D eigenvalue weighted by Gasteiger charge is -2.32. The van der Waals surface area contributed by atoms with Gasteiger partial charge in [0.05, 0.1) is 0 Å². The molecule has 1 aliphatic rings. The van der Waals surface area contributed by atoms with Gasteiger partial charge in [-0.15, -0.1) is 0 Å². The summed E-state index contributed by atoms with van der Waals surface area (Å²) < 4.78 is 0. The zero-order valence-electron chi connectivity index (χ0n) is 10.9. The van der Waals surface area contributed by atoms with Gasteiger partial charge in [0.15, 0.2) is 5.96 Å². The Balaban J connectivity index is 2.32. The van der Waals surface area contributed by atoms with Gasteiger partial charge in [-0.1, -0.05) is 20.8 Å². The predicted molar refractivity (Wildman–Crippen MR) is 69.6 cm³/mol. The van der Waals surface area contributed by atoms with Crippen LogP contribution in [-0.4, -0.2) is 43.1 Å². The van der Waals surface area contributed by atoms with E-state index in [9.17, 15) is 0 Å². The molecule has 0 aromatic heterocycles. The molecule has 0 bridgehead atoms. The van der Waals surface area contributed by atoms with Crippen molar-refractivity contribution < 1.29 is 0 Å². The quantitative estimate of drug-likeness (QED) is 0.556. The summed E-state index contributed by atoms with van der Waals surface area (Å²) in [5.74, 6) is 1.18. The zero-order chi connectivity index (χ0) is 12.0. The van der Waals surface area contributed by atoms with Crippen LogP contribution in [0.4, 0.5) is 0 Å². The van der Waals surface area contributed by atoms with Crippen molar-refractivity contribution >= 4 is 5.96 Å². The summed E-state index contributed by atoms with van der Waals surface area (Å²) in [5.41, 5.74) is 5.86. The highest BCUT2D eigenvalue weighted by Gasteiger charge is 2.18. The standard InChI is InChI=1S/C12H26N4/c1-4-16-7-5-6-11(9-16)15-12(13)14-8-10(2)3/h10-11H,4-9H2,1-3H3,(H3,13,14,15). The van der Waals surface area contributed by atoms with Crippen LogP contribution < -0.4 is 11.1 Å². The Labute approximate surface area is 99.3 Å². The molecule has 1 atom stereocenters. The summed E-state index contributed by atoms with van der Waals surface area (Å²) in [5, 5.41) is 3.32. The number of guanidine groups is 1. The molecule has 1 aliphatic heterocycles. The monoisotopic (exact) mass is 226 g/mol. The van der Waals surface area contributed by atoms with E-state index in [0.717, 1.165) is 19.6 Å². The topological polar surface area (TPSA) is 53.6 Å². The van der Waals surface area contributed by atoms with E-state index >= 15 is 0 Å². The van der Waals surface area contributed by atoms with Crippen LogP contribution in [0.15, 0.2) is 4.99 Å². The lowest BCUT2D eigenvalue weighted by atomic mass is 10.1. The number of hydrogen-bond acceptors (Lipinski definition) is 2. The molecule has 1 heterocycles. The van der Waals surface area contributed by atoms with Gasteiger partial charge in [0, 0.05) is 19.1 Å². The molecule has 0 aromatic carbocycles. The van der Waals surface area contributed by atoms with Crippen molar-refractivity contribution in [3.63, 3.8) is 0 Å². The molecule has 4 nitrogen and oxygen atoms in total. The molecular weight excluding hydrogens is 200 g/mol. The molecule has 4 heteroatoms. The number of likely N-dealkylation sites (tertiary alicyclic amines) is 1. The highest BCUT2D eigenvalue weighted by Crippen LogP contribution is 2.09. The van der Waals surface area contributed by atoms with Crippen molar-refractivity contribution in [1.82, 2.24) is 10.2 Å². The smallest absolute Gasteiger partial charge is 0.188 e. The van der Waals surface area contributed by atoms with Crippen LogP contribution in [0.2, 0.25) is 0 Å². The van der Waals surface area contributed by atoms with Crippen LogP contribution in [0, 0.1) is 5.92 Å². The first-order valence-electron chi connectivity index (χ1n) is 6.40. The number of nitrogens with zero attached hydrogens (tertiary/aromatic N) is 2. The maximum Gasteiger partial charge on any atom is 0.188 e.